The topological polar surface area (TPSA) is 0 Å². The number of rotatable bonds is 3. The third kappa shape index (κ3) is 3.85. The van der Waals surface area contributed by atoms with Crippen molar-refractivity contribution in [2.75, 3.05) is 0 Å². The average Bonchev–Trinajstić information content (AvgIpc) is 3.02. The van der Waals surface area contributed by atoms with Gasteiger partial charge < -0.3 is 0 Å². The van der Waals surface area contributed by atoms with Gasteiger partial charge in [-0.05, 0) is 113 Å². The standard InChI is InChI=1S/C40H26/c1-2-11-29-21-33(20-19-27(29)9-1)32-15-7-16-34(22-32)39-25-35-23-30-12-3-4-13-31(30)24-36(35)26-40(39)38-18-8-14-28-10-5-6-17-37(28)38/h1-26H. The van der Waals surface area contributed by atoms with E-state index < -0.39 is 0 Å². The summed E-state index contributed by atoms with van der Waals surface area (Å²) in [5, 5.41) is 10.1. The zero-order chi connectivity index (χ0) is 26.5. The van der Waals surface area contributed by atoms with Gasteiger partial charge in [0.15, 0.2) is 0 Å². The molecule has 0 aliphatic heterocycles. The molecule has 0 heterocycles. The third-order valence-electron chi connectivity index (χ3n) is 8.18. The van der Waals surface area contributed by atoms with E-state index in [0.717, 1.165) is 0 Å². The van der Waals surface area contributed by atoms with Gasteiger partial charge in [-0.2, -0.15) is 0 Å². The summed E-state index contributed by atoms with van der Waals surface area (Å²) < 4.78 is 0. The summed E-state index contributed by atoms with van der Waals surface area (Å²) in [5.74, 6) is 0. The minimum absolute atomic E-state index is 1.23. The molecule has 40 heavy (non-hydrogen) atoms. The maximum absolute atomic E-state index is 2.39. The maximum atomic E-state index is 2.39. The van der Waals surface area contributed by atoms with Gasteiger partial charge in [-0.15, -0.1) is 0 Å². The van der Waals surface area contributed by atoms with E-state index in [4.69, 9.17) is 0 Å². The van der Waals surface area contributed by atoms with Crippen LogP contribution < -0.4 is 0 Å². The van der Waals surface area contributed by atoms with Crippen molar-refractivity contribution in [3.8, 4) is 33.4 Å². The molecule has 0 atom stereocenters. The molecule has 8 aromatic carbocycles. The molecule has 0 amide bonds. The summed E-state index contributed by atoms with van der Waals surface area (Å²) in [6, 6.07) is 57.8. The summed E-state index contributed by atoms with van der Waals surface area (Å²) in [6.45, 7) is 0. The van der Waals surface area contributed by atoms with Gasteiger partial charge in [0.05, 0.1) is 0 Å². The maximum Gasteiger partial charge on any atom is -0.00928 e. The van der Waals surface area contributed by atoms with Gasteiger partial charge in [0.1, 0.15) is 0 Å². The van der Waals surface area contributed by atoms with Crippen LogP contribution in [0, 0.1) is 0 Å². The van der Waals surface area contributed by atoms with E-state index >= 15 is 0 Å². The first kappa shape index (κ1) is 22.8. The molecule has 8 aromatic rings. The van der Waals surface area contributed by atoms with Crippen LogP contribution in [0.1, 0.15) is 0 Å². The number of hydrogen-bond donors (Lipinski definition) is 0. The van der Waals surface area contributed by atoms with Crippen LogP contribution in [0.5, 0.6) is 0 Å². The van der Waals surface area contributed by atoms with Crippen LogP contribution in [-0.2, 0) is 0 Å². The molecule has 0 radical (unpaired) electrons. The SMILES string of the molecule is c1cc(-c2ccc3ccccc3c2)cc(-c2cc3cc4ccccc4cc3cc2-c2cccc3ccccc23)c1. The van der Waals surface area contributed by atoms with Crippen LogP contribution in [0.15, 0.2) is 158 Å². The fourth-order valence-corrected chi connectivity index (χ4v) is 6.15. The Kier molecular flexibility index (Phi) is 5.24. The lowest BCUT2D eigenvalue weighted by molar-refractivity contribution is 1.60. The van der Waals surface area contributed by atoms with Crippen molar-refractivity contribution in [1.29, 1.82) is 0 Å². The van der Waals surface area contributed by atoms with Crippen LogP contribution in [0.25, 0.3) is 76.5 Å². The molecule has 8 rings (SSSR count). The van der Waals surface area contributed by atoms with E-state index in [1.165, 1.54) is 76.5 Å². The van der Waals surface area contributed by atoms with Crippen molar-refractivity contribution in [2.45, 2.75) is 0 Å². The highest BCUT2D eigenvalue weighted by molar-refractivity contribution is 6.07. The summed E-state index contributed by atoms with van der Waals surface area (Å²) in [6.07, 6.45) is 0. The van der Waals surface area contributed by atoms with Crippen molar-refractivity contribution < 1.29 is 0 Å². The van der Waals surface area contributed by atoms with Crippen LogP contribution in [0.2, 0.25) is 0 Å². The second-order valence-corrected chi connectivity index (χ2v) is 10.6. The fraction of sp³-hybridized carbons (Fsp3) is 0. The van der Waals surface area contributed by atoms with Crippen molar-refractivity contribution in [3.63, 3.8) is 0 Å². The molecule has 0 unspecified atom stereocenters. The van der Waals surface area contributed by atoms with Gasteiger partial charge in [-0.3, -0.25) is 0 Å². The Labute approximate surface area is 233 Å². The van der Waals surface area contributed by atoms with Gasteiger partial charge in [-0.1, -0.05) is 121 Å². The minimum atomic E-state index is 1.23. The van der Waals surface area contributed by atoms with Crippen molar-refractivity contribution in [2.24, 2.45) is 0 Å². The molecule has 0 bridgehead atoms. The van der Waals surface area contributed by atoms with Gasteiger partial charge >= 0.3 is 0 Å². The molecule has 0 aromatic heterocycles. The molecule has 0 nitrogen and oxygen atoms in total. The lowest BCUT2D eigenvalue weighted by Crippen LogP contribution is -1.90. The molecule has 0 N–H and O–H groups in total. The molecule has 0 aliphatic carbocycles. The highest BCUT2D eigenvalue weighted by Crippen LogP contribution is 2.41. The Hall–Kier alpha value is -5.20. The monoisotopic (exact) mass is 506 g/mol. The molecule has 0 saturated carbocycles. The number of hydrogen-bond acceptors (Lipinski definition) is 0. The minimum Gasteiger partial charge on any atom is -0.0616 e. The Morgan fingerprint density at radius 2 is 0.775 bits per heavy atom. The second kappa shape index (κ2) is 9.22. The molecule has 0 fully saturated rings. The van der Waals surface area contributed by atoms with Gasteiger partial charge in [0.2, 0.25) is 0 Å². The molecular weight excluding hydrogens is 480 g/mol. The first-order valence-corrected chi connectivity index (χ1v) is 13.8. The summed E-state index contributed by atoms with van der Waals surface area (Å²) in [7, 11) is 0. The van der Waals surface area contributed by atoms with Crippen LogP contribution >= 0.6 is 0 Å². The van der Waals surface area contributed by atoms with Crippen molar-refractivity contribution >= 4 is 43.1 Å². The largest absolute Gasteiger partial charge is 0.0616 e. The van der Waals surface area contributed by atoms with Crippen LogP contribution in [-0.4, -0.2) is 0 Å². The molecule has 0 saturated heterocycles. The Bertz CT molecular complexity index is 2210. The molecule has 0 heteroatoms. The Morgan fingerprint density at radius 3 is 1.55 bits per heavy atom. The van der Waals surface area contributed by atoms with Crippen molar-refractivity contribution in [1.82, 2.24) is 0 Å². The quantitative estimate of drug-likeness (QED) is 0.209. The zero-order valence-electron chi connectivity index (χ0n) is 22.0. The Morgan fingerprint density at radius 1 is 0.225 bits per heavy atom. The van der Waals surface area contributed by atoms with Crippen molar-refractivity contribution in [3.05, 3.63) is 158 Å². The highest BCUT2D eigenvalue weighted by Gasteiger charge is 2.14. The van der Waals surface area contributed by atoms with Gasteiger partial charge in [-0.25, -0.2) is 0 Å². The predicted octanol–water partition coefficient (Wildman–Crippen LogP) is 11.3. The van der Waals surface area contributed by atoms with E-state index in [9.17, 15) is 0 Å². The van der Waals surface area contributed by atoms with Crippen LogP contribution in [0.3, 0.4) is 0 Å². The van der Waals surface area contributed by atoms with E-state index in [1.54, 1.807) is 0 Å². The predicted molar refractivity (Wildman–Crippen MR) is 173 cm³/mol. The lowest BCUT2D eigenvalue weighted by atomic mass is 9.87. The zero-order valence-corrected chi connectivity index (χ0v) is 22.0. The smallest absolute Gasteiger partial charge is 0.00928 e. The number of fused-ring (bicyclic) bond motifs is 4. The first-order valence-electron chi connectivity index (χ1n) is 13.8. The van der Waals surface area contributed by atoms with Crippen LogP contribution in [0.4, 0.5) is 0 Å². The normalized spacial score (nSPS) is 11.5. The molecular formula is C40H26. The number of benzene rings is 8. The Balaban J connectivity index is 1.39. The molecule has 186 valence electrons. The average molecular weight is 507 g/mol. The summed E-state index contributed by atoms with van der Waals surface area (Å²) in [5.41, 5.74) is 7.46. The molecule has 0 aliphatic rings. The third-order valence-corrected chi connectivity index (χ3v) is 8.18. The fourth-order valence-electron chi connectivity index (χ4n) is 6.15. The summed E-state index contributed by atoms with van der Waals surface area (Å²) in [4.78, 5) is 0. The van der Waals surface area contributed by atoms with E-state index in [1.807, 2.05) is 0 Å². The summed E-state index contributed by atoms with van der Waals surface area (Å²) >= 11 is 0. The highest BCUT2D eigenvalue weighted by atomic mass is 14.2. The lowest BCUT2D eigenvalue weighted by Gasteiger charge is -2.16. The molecule has 0 spiro atoms. The van der Waals surface area contributed by atoms with E-state index in [2.05, 4.69) is 158 Å². The van der Waals surface area contributed by atoms with Gasteiger partial charge in [0, 0.05) is 0 Å². The first-order chi connectivity index (χ1) is 19.8. The van der Waals surface area contributed by atoms with Gasteiger partial charge in [0.25, 0.3) is 0 Å². The van der Waals surface area contributed by atoms with E-state index in [0.29, 0.717) is 0 Å². The second-order valence-electron chi connectivity index (χ2n) is 10.6. The van der Waals surface area contributed by atoms with E-state index in [-0.39, 0.29) is 0 Å².